The minimum absolute atomic E-state index is 0.0988. The first-order valence-electron chi connectivity index (χ1n) is 9.80. The Kier molecular flexibility index (Phi) is 3.88. The van der Waals surface area contributed by atoms with E-state index >= 15 is 0 Å². The van der Waals surface area contributed by atoms with Crippen molar-refractivity contribution in [1.82, 2.24) is 0 Å². The fourth-order valence-corrected chi connectivity index (χ4v) is 6.98. The molecule has 0 aromatic heterocycles. The van der Waals surface area contributed by atoms with Crippen molar-refractivity contribution in [3.8, 4) is 0 Å². The summed E-state index contributed by atoms with van der Waals surface area (Å²) in [6.45, 7) is 3.31. The third kappa shape index (κ3) is 2.07. The topological polar surface area (TPSA) is 91.7 Å². The number of aliphatic hydroxyl groups is 2. The maximum Gasteiger partial charge on any atom is 0.190 e. The van der Waals surface area contributed by atoms with Gasteiger partial charge in [-0.2, -0.15) is 0 Å². The maximum absolute atomic E-state index is 13.3. The third-order valence-corrected chi connectivity index (χ3v) is 8.41. The molecule has 0 heterocycles. The molecule has 4 aliphatic carbocycles. The Bertz CT molecular complexity index is 724. The van der Waals surface area contributed by atoms with Gasteiger partial charge in [0.15, 0.2) is 11.6 Å². The zero-order chi connectivity index (χ0) is 18.9. The van der Waals surface area contributed by atoms with E-state index in [2.05, 4.69) is 6.92 Å². The van der Waals surface area contributed by atoms with Crippen LogP contribution in [0.2, 0.25) is 0 Å². The Morgan fingerprint density at radius 2 is 1.92 bits per heavy atom. The van der Waals surface area contributed by atoms with Crippen molar-refractivity contribution < 1.29 is 24.6 Å². The molecule has 4 aliphatic rings. The number of Topliss-reactive ketones (excluding diaryl/α,β-unsaturated/α-hetero) is 2. The van der Waals surface area contributed by atoms with Crippen LogP contribution in [0.5, 0.6) is 0 Å². The molecule has 5 nitrogen and oxygen atoms in total. The van der Waals surface area contributed by atoms with Crippen molar-refractivity contribution in [2.75, 3.05) is 6.61 Å². The SMILES string of the molecule is C[C@]12CCC(=O)C=C1CC[C@@H]1[C@H]2C(=O)C[C@@]2(C)[C@H]1CC[C@@]2(O)C(=O)CO. The monoisotopic (exact) mass is 360 g/mol. The number of hydrogen-bond acceptors (Lipinski definition) is 5. The Labute approximate surface area is 153 Å². The fraction of sp³-hybridized carbons (Fsp3) is 0.762. The fourth-order valence-electron chi connectivity index (χ4n) is 6.98. The first kappa shape index (κ1) is 18.1. The van der Waals surface area contributed by atoms with Gasteiger partial charge in [0.25, 0.3) is 0 Å². The highest BCUT2D eigenvalue weighted by atomic mass is 16.3. The number of allylic oxidation sites excluding steroid dienone is 1. The smallest absolute Gasteiger partial charge is 0.190 e. The van der Waals surface area contributed by atoms with Gasteiger partial charge in [-0.15, -0.1) is 0 Å². The van der Waals surface area contributed by atoms with Gasteiger partial charge in [0, 0.05) is 24.2 Å². The van der Waals surface area contributed by atoms with E-state index in [4.69, 9.17) is 0 Å². The van der Waals surface area contributed by atoms with Gasteiger partial charge in [-0.25, -0.2) is 0 Å². The number of rotatable bonds is 2. The van der Waals surface area contributed by atoms with Crippen molar-refractivity contribution in [3.05, 3.63) is 11.6 Å². The van der Waals surface area contributed by atoms with Crippen LogP contribution >= 0.6 is 0 Å². The van der Waals surface area contributed by atoms with Gasteiger partial charge in [-0.1, -0.05) is 19.4 Å². The minimum atomic E-state index is -1.60. The second-order valence-corrected chi connectivity index (χ2v) is 9.38. The molecule has 0 aromatic rings. The molecule has 2 N–H and O–H groups in total. The van der Waals surface area contributed by atoms with Crippen LogP contribution in [-0.4, -0.2) is 39.8 Å². The molecule has 0 radical (unpaired) electrons. The van der Waals surface area contributed by atoms with E-state index in [1.54, 1.807) is 6.08 Å². The summed E-state index contributed by atoms with van der Waals surface area (Å²) in [7, 11) is 0. The Morgan fingerprint density at radius 1 is 1.19 bits per heavy atom. The summed E-state index contributed by atoms with van der Waals surface area (Å²) in [6, 6.07) is 0. The second kappa shape index (κ2) is 5.59. The zero-order valence-corrected chi connectivity index (χ0v) is 15.6. The first-order valence-corrected chi connectivity index (χ1v) is 9.80. The molecule has 0 saturated heterocycles. The lowest BCUT2D eigenvalue weighted by Gasteiger charge is -2.57. The average molecular weight is 360 g/mol. The minimum Gasteiger partial charge on any atom is -0.388 e. The van der Waals surface area contributed by atoms with Crippen LogP contribution in [0.4, 0.5) is 0 Å². The molecule has 5 heteroatoms. The van der Waals surface area contributed by atoms with Crippen LogP contribution in [0, 0.1) is 28.6 Å². The normalized spacial score (nSPS) is 47.7. The summed E-state index contributed by atoms with van der Waals surface area (Å²) in [4.78, 5) is 37.5. The number of fused-ring (bicyclic) bond motifs is 5. The lowest BCUT2D eigenvalue weighted by atomic mass is 9.46. The van der Waals surface area contributed by atoms with Crippen molar-refractivity contribution in [2.45, 2.75) is 64.4 Å². The number of carbonyl (C=O) groups is 3. The van der Waals surface area contributed by atoms with Crippen molar-refractivity contribution in [3.63, 3.8) is 0 Å². The molecule has 4 rings (SSSR count). The highest BCUT2D eigenvalue weighted by Crippen LogP contribution is 2.66. The van der Waals surface area contributed by atoms with Gasteiger partial charge in [-0.05, 0) is 55.4 Å². The van der Waals surface area contributed by atoms with E-state index in [0.29, 0.717) is 25.7 Å². The van der Waals surface area contributed by atoms with Gasteiger partial charge in [-0.3, -0.25) is 14.4 Å². The Balaban J connectivity index is 1.75. The Morgan fingerprint density at radius 3 is 2.62 bits per heavy atom. The predicted octanol–water partition coefficient (Wildman–Crippen LogP) is 1.99. The van der Waals surface area contributed by atoms with Gasteiger partial charge in [0.2, 0.25) is 0 Å². The van der Waals surface area contributed by atoms with E-state index in [9.17, 15) is 24.6 Å². The summed E-state index contributed by atoms with van der Waals surface area (Å²) < 4.78 is 0. The van der Waals surface area contributed by atoms with Crippen molar-refractivity contribution in [1.29, 1.82) is 0 Å². The molecule has 6 atom stereocenters. The number of ketones is 3. The lowest BCUT2D eigenvalue weighted by molar-refractivity contribution is -0.170. The summed E-state index contributed by atoms with van der Waals surface area (Å²) in [6.07, 6.45) is 5.83. The average Bonchev–Trinajstić information content (AvgIpc) is 2.86. The van der Waals surface area contributed by atoms with E-state index < -0.39 is 23.4 Å². The van der Waals surface area contributed by atoms with Crippen molar-refractivity contribution in [2.24, 2.45) is 28.6 Å². The third-order valence-electron chi connectivity index (χ3n) is 8.41. The highest BCUT2D eigenvalue weighted by Gasteiger charge is 2.68. The molecule has 3 fully saturated rings. The summed E-state index contributed by atoms with van der Waals surface area (Å²) in [5.74, 6) is -0.172. The molecule has 0 amide bonds. The van der Waals surface area contributed by atoms with E-state index in [0.717, 1.165) is 18.4 Å². The molecule has 142 valence electrons. The van der Waals surface area contributed by atoms with Crippen molar-refractivity contribution >= 4 is 17.3 Å². The summed E-state index contributed by atoms with van der Waals surface area (Å²) in [5, 5.41) is 20.5. The molecule has 26 heavy (non-hydrogen) atoms. The van der Waals surface area contributed by atoms with Crippen LogP contribution in [0.25, 0.3) is 0 Å². The predicted molar refractivity (Wildman–Crippen MR) is 94.1 cm³/mol. The zero-order valence-electron chi connectivity index (χ0n) is 15.6. The largest absolute Gasteiger partial charge is 0.388 e. The number of aliphatic hydroxyl groups excluding tert-OH is 1. The molecule has 0 bridgehead atoms. The van der Waals surface area contributed by atoms with Gasteiger partial charge < -0.3 is 10.2 Å². The summed E-state index contributed by atoms with van der Waals surface area (Å²) in [5.41, 5.74) is -1.55. The highest BCUT2D eigenvalue weighted by molar-refractivity contribution is 5.94. The molecular formula is C21H28O5. The first-order chi connectivity index (χ1) is 12.2. The number of hydrogen-bond donors (Lipinski definition) is 2. The quantitative estimate of drug-likeness (QED) is 0.786. The van der Waals surface area contributed by atoms with Crippen LogP contribution in [0.1, 0.15) is 58.8 Å². The molecule has 0 aromatic carbocycles. The number of carbonyl (C=O) groups excluding carboxylic acids is 3. The standard InChI is InChI=1S/C21H28O5/c1-19-7-5-13(23)9-12(19)3-4-14-15-6-8-21(26,17(25)11-22)20(15,2)10-16(24)18(14)19/h9,14-15,18,22,26H,3-8,10-11H2,1-2H3/t14-,15-,18-,19-,20-,21+/m0/s1. The molecule has 0 unspecified atom stereocenters. The van der Waals surface area contributed by atoms with E-state index in [-0.39, 0.29) is 41.2 Å². The second-order valence-electron chi connectivity index (χ2n) is 9.38. The van der Waals surface area contributed by atoms with Crippen LogP contribution in [0.15, 0.2) is 11.6 Å². The van der Waals surface area contributed by atoms with Gasteiger partial charge in [0.05, 0.1) is 0 Å². The summed E-state index contributed by atoms with van der Waals surface area (Å²) >= 11 is 0. The maximum atomic E-state index is 13.3. The van der Waals surface area contributed by atoms with Crippen LogP contribution in [0.3, 0.4) is 0 Å². The van der Waals surface area contributed by atoms with E-state index in [1.165, 1.54) is 0 Å². The van der Waals surface area contributed by atoms with E-state index in [1.807, 2.05) is 6.92 Å². The molecule has 3 saturated carbocycles. The molecule has 0 spiro atoms. The van der Waals surface area contributed by atoms with Gasteiger partial charge >= 0.3 is 0 Å². The lowest BCUT2D eigenvalue weighted by Crippen LogP contribution is -2.60. The van der Waals surface area contributed by atoms with Crippen LogP contribution in [-0.2, 0) is 14.4 Å². The van der Waals surface area contributed by atoms with Crippen LogP contribution < -0.4 is 0 Å². The Hall–Kier alpha value is -1.33. The molecular weight excluding hydrogens is 332 g/mol. The molecule has 0 aliphatic heterocycles. The van der Waals surface area contributed by atoms with Gasteiger partial charge in [0.1, 0.15) is 18.0 Å².